The SMILES string of the molecule is CC(C)(C)c1ccc(-c2cccc(-c3ccc(C(C)(C)C)cc3)c2Oc2ccnc(-n3c4ccccc4c4ccc(Oc5cccc(N6CN(c7cc(C(C)(C)C)cc(C(C)(C)C)c7)c7ccccc76)c5)cc43)c2)cc1. The average molecular weight is 999 g/mol. The fraction of sp³-hybridized carbons (Fsp3) is 0.243. The number of hydrogen-bond acceptors (Lipinski definition) is 5. The molecule has 0 N–H and O–H groups in total. The molecule has 1 aliphatic rings. The summed E-state index contributed by atoms with van der Waals surface area (Å²) in [7, 11) is 0. The summed E-state index contributed by atoms with van der Waals surface area (Å²) in [6.07, 6.45) is 1.85. The highest BCUT2D eigenvalue weighted by Crippen LogP contribution is 2.48. The van der Waals surface area contributed by atoms with Crippen LogP contribution in [0.25, 0.3) is 49.9 Å². The highest BCUT2D eigenvalue weighted by molar-refractivity contribution is 6.09. The zero-order chi connectivity index (χ0) is 53.3. The zero-order valence-corrected chi connectivity index (χ0v) is 46.3. The second-order valence-corrected chi connectivity index (χ2v) is 24.7. The van der Waals surface area contributed by atoms with Crippen LogP contribution in [-0.4, -0.2) is 16.2 Å². The van der Waals surface area contributed by atoms with E-state index in [9.17, 15) is 0 Å². The highest BCUT2D eigenvalue weighted by Gasteiger charge is 2.31. The van der Waals surface area contributed by atoms with Crippen molar-refractivity contribution in [2.24, 2.45) is 0 Å². The smallest absolute Gasteiger partial charge is 0.143 e. The molecule has 0 aliphatic carbocycles. The Morgan fingerprint density at radius 1 is 0.382 bits per heavy atom. The van der Waals surface area contributed by atoms with E-state index in [1.165, 1.54) is 33.6 Å². The van der Waals surface area contributed by atoms with Crippen LogP contribution in [0.5, 0.6) is 23.0 Å². The third-order valence-electron chi connectivity index (χ3n) is 15.0. The second kappa shape index (κ2) is 18.9. The van der Waals surface area contributed by atoms with Crippen molar-refractivity contribution in [3.63, 3.8) is 0 Å². The largest absolute Gasteiger partial charge is 0.457 e. The van der Waals surface area contributed by atoms with E-state index in [2.05, 4.69) is 273 Å². The van der Waals surface area contributed by atoms with Gasteiger partial charge in [-0.15, -0.1) is 0 Å². The molecule has 0 atom stereocenters. The summed E-state index contributed by atoms with van der Waals surface area (Å²) in [4.78, 5) is 9.87. The molecule has 6 nitrogen and oxygen atoms in total. The maximum Gasteiger partial charge on any atom is 0.143 e. The van der Waals surface area contributed by atoms with Gasteiger partial charge in [0.15, 0.2) is 0 Å². The first-order valence-electron chi connectivity index (χ1n) is 26.8. The third kappa shape index (κ3) is 9.73. The van der Waals surface area contributed by atoms with Gasteiger partial charge in [-0.05, 0) is 116 Å². The Bertz CT molecular complexity index is 3670. The van der Waals surface area contributed by atoms with Crippen molar-refractivity contribution in [1.82, 2.24) is 9.55 Å². The van der Waals surface area contributed by atoms with Crippen molar-refractivity contribution in [2.75, 3.05) is 16.5 Å². The molecular weight excluding hydrogens is 929 g/mol. The molecule has 10 aromatic rings. The number of fused-ring (bicyclic) bond motifs is 4. The average Bonchev–Trinajstić information content (AvgIpc) is 3.97. The lowest BCUT2D eigenvalue weighted by molar-refractivity contribution is 0.483. The van der Waals surface area contributed by atoms with Gasteiger partial charge < -0.3 is 19.3 Å². The van der Waals surface area contributed by atoms with E-state index in [0.29, 0.717) is 12.4 Å². The van der Waals surface area contributed by atoms with Gasteiger partial charge in [0.05, 0.1) is 22.4 Å². The van der Waals surface area contributed by atoms with Crippen LogP contribution in [0.2, 0.25) is 0 Å². The monoisotopic (exact) mass is 999 g/mol. The Labute approximate surface area is 450 Å². The van der Waals surface area contributed by atoms with Gasteiger partial charge in [0.1, 0.15) is 35.5 Å². The Kier molecular flexibility index (Phi) is 12.5. The lowest BCUT2D eigenvalue weighted by atomic mass is 9.80. The minimum absolute atomic E-state index is 0.00454. The maximum atomic E-state index is 7.17. The number of pyridine rings is 1. The second-order valence-electron chi connectivity index (χ2n) is 24.7. The molecule has 8 aromatic carbocycles. The number of anilines is 4. The van der Waals surface area contributed by atoms with E-state index < -0.39 is 0 Å². The summed E-state index contributed by atoms with van der Waals surface area (Å²) in [5.74, 6) is 3.70. The summed E-state index contributed by atoms with van der Waals surface area (Å²) in [6.45, 7) is 28.0. The zero-order valence-electron chi connectivity index (χ0n) is 46.3. The van der Waals surface area contributed by atoms with Crippen LogP contribution >= 0.6 is 0 Å². The van der Waals surface area contributed by atoms with Crippen molar-refractivity contribution in [1.29, 1.82) is 0 Å². The highest BCUT2D eigenvalue weighted by atomic mass is 16.5. The lowest BCUT2D eigenvalue weighted by Crippen LogP contribution is -2.25. The molecule has 11 rings (SSSR count). The predicted molar refractivity (Wildman–Crippen MR) is 319 cm³/mol. The molecule has 0 spiro atoms. The Morgan fingerprint density at radius 2 is 0.895 bits per heavy atom. The van der Waals surface area contributed by atoms with Crippen LogP contribution < -0.4 is 19.3 Å². The van der Waals surface area contributed by atoms with Crippen LogP contribution in [-0.2, 0) is 21.7 Å². The lowest BCUT2D eigenvalue weighted by Gasteiger charge is -2.29. The fourth-order valence-electron chi connectivity index (χ4n) is 10.5. The van der Waals surface area contributed by atoms with Gasteiger partial charge in [-0.1, -0.05) is 192 Å². The van der Waals surface area contributed by atoms with Gasteiger partial charge in [-0.3, -0.25) is 4.57 Å². The number of hydrogen-bond donors (Lipinski definition) is 0. The van der Waals surface area contributed by atoms with E-state index >= 15 is 0 Å². The molecule has 382 valence electrons. The first-order chi connectivity index (χ1) is 36.2. The van der Waals surface area contributed by atoms with Gasteiger partial charge in [0, 0.05) is 57.7 Å². The van der Waals surface area contributed by atoms with Crippen molar-refractivity contribution in [3.8, 4) is 51.1 Å². The maximum absolute atomic E-state index is 7.17. The first-order valence-corrected chi connectivity index (χ1v) is 26.8. The van der Waals surface area contributed by atoms with Gasteiger partial charge in [-0.25, -0.2) is 4.98 Å². The van der Waals surface area contributed by atoms with E-state index in [4.69, 9.17) is 14.5 Å². The van der Waals surface area contributed by atoms with E-state index in [-0.39, 0.29) is 21.7 Å². The molecule has 0 bridgehead atoms. The summed E-state index contributed by atoms with van der Waals surface area (Å²) < 4.78 is 16.2. The third-order valence-corrected chi connectivity index (χ3v) is 15.0. The number of para-hydroxylation sites is 4. The number of benzene rings is 8. The number of ether oxygens (including phenoxy) is 2. The molecule has 0 radical (unpaired) electrons. The molecule has 2 aromatic heterocycles. The molecule has 0 saturated heterocycles. The molecule has 6 heteroatoms. The van der Waals surface area contributed by atoms with Crippen LogP contribution in [0.3, 0.4) is 0 Å². The Balaban J connectivity index is 0.940. The van der Waals surface area contributed by atoms with E-state index in [0.717, 1.165) is 78.5 Å². The van der Waals surface area contributed by atoms with Crippen molar-refractivity contribution in [3.05, 3.63) is 217 Å². The molecule has 0 fully saturated rings. The minimum Gasteiger partial charge on any atom is -0.457 e. The molecule has 0 saturated carbocycles. The van der Waals surface area contributed by atoms with Crippen LogP contribution in [0, 0.1) is 0 Å². The summed E-state index contributed by atoms with van der Waals surface area (Å²) >= 11 is 0. The molecule has 0 amide bonds. The van der Waals surface area contributed by atoms with Gasteiger partial charge in [-0.2, -0.15) is 0 Å². The van der Waals surface area contributed by atoms with Gasteiger partial charge in [0.2, 0.25) is 0 Å². The Morgan fingerprint density at radius 3 is 1.49 bits per heavy atom. The number of rotatable bonds is 9. The van der Waals surface area contributed by atoms with Gasteiger partial charge >= 0.3 is 0 Å². The van der Waals surface area contributed by atoms with Crippen LogP contribution in [0.15, 0.2) is 194 Å². The quantitative estimate of drug-likeness (QED) is 0.144. The van der Waals surface area contributed by atoms with Crippen LogP contribution in [0.1, 0.15) is 105 Å². The molecule has 3 heterocycles. The molecule has 76 heavy (non-hydrogen) atoms. The minimum atomic E-state index is 0.00454. The molecular formula is C70H70N4O2. The van der Waals surface area contributed by atoms with Crippen molar-refractivity contribution in [2.45, 2.75) is 105 Å². The van der Waals surface area contributed by atoms with Crippen molar-refractivity contribution < 1.29 is 9.47 Å². The first kappa shape index (κ1) is 50.1. The Hall–Kier alpha value is -8.09. The standard InChI is InChI=1S/C70H70N4O2/c1-67(2,3)48-31-27-46(28-32-48)57-22-18-23-58(47-29-33-49(34-30-47)68(4,5)6)66(57)76-56-37-38-71-65(44-56)74-61-24-14-13-21-59(61)60-36-35-55(43-64(60)74)75-54-20-17-19-52(42-54)72-45-73(63-26-16-15-25-62(63)72)53-40-50(69(7,8)9)39-51(41-53)70(10,11)12/h13-44H,45H2,1-12H3. The summed E-state index contributed by atoms with van der Waals surface area (Å²) in [6, 6.07) is 67.5. The normalized spacial score (nSPS) is 13.2. The molecule has 1 aliphatic heterocycles. The number of nitrogens with zero attached hydrogens (tertiary/aromatic N) is 4. The fourth-order valence-corrected chi connectivity index (χ4v) is 10.5. The summed E-state index contributed by atoms with van der Waals surface area (Å²) in [5, 5.41) is 2.23. The summed E-state index contributed by atoms with van der Waals surface area (Å²) in [5.41, 5.74) is 16.2. The number of aromatic nitrogens is 2. The predicted octanol–water partition coefficient (Wildman–Crippen LogP) is 19.5. The van der Waals surface area contributed by atoms with Gasteiger partial charge in [0.25, 0.3) is 0 Å². The van der Waals surface area contributed by atoms with E-state index in [1.807, 2.05) is 18.3 Å². The topological polar surface area (TPSA) is 42.8 Å². The molecule has 0 unspecified atom stereocenters. The van der Waals surface area contributed by atoms with Crippen molar-refractivity contribution >= 4 is 44.6 Å². The van der Waals surface area contributed by atoms with E-state index in [1.54, 1.807) is 0 Å². The van der Waals surface area contributed by atoms with Crippen LogP contribution in [0.4, 0.5) is 22.7 Å².